The zero-order valence-electron chi connectivity index (χ0n) is 12.2. The van der Waals surface area contributed by atoms with Gasteiger partial charge < -0.3 is 10.4 Å². The highest BCUT2D eigenvalue weighted by atomic mass is 16.4. The summed E-state index contributed by atoms with van der Waals surface area (Å²) in [6.07, 6.45) is 2.30. The maximum absolute atomic E-state index is 10.9. The van der Waals surface area contributed by atoms with Crippen LogP contribution < -0.4 is 5.32 Å². The fourth-order valence-electron chi connectivity index (χ4n) is 1.98. The number of benzene rings is 1. The number of aromatic nitrogens is 2. The van der Waals surface area contributed by atoms with Crippen molar-refractivity contribution in [2.24, 2.45) is 0 Å². The molecule has 1 heterocycles. The predicted octanol–water partition coefficient (Wildman–Crippen LogP) is 2.95. The van der Waals surface area contributed by atoms with Crippen LogP contribution >= 0.6 is 0 Å². The average Bonchev–Trinajstić information content (AvgIpc) is 2.48. The molecule has 0 fully saturated rings. The summed E-state index contributed by atoms with van der Waals surface area (Å²) in [5, 5.41) is 12.2. The molecule has 0 radical (unpaired) electrons. The molecule has 0 aliphatic carbocycles. The van der Waals surface area contributed by atoms with E-state index >= 15 is 0 Å². The molecule has 0 atom stereocenters. The van der Waals surface area contributed by atoms with Crippen molar-refractivity contribution in [3.8, 4) is 0 Å². The van der Waals surface area contributed by atoms with Crippen LogP contribution in [0, 0.1) is 0 Å². The second-order valence-electron chi connectivity index (χ2n) is 5.17. The largest absolute Gasteiger partial charge is 0.478 e. The van der Waals surface area contributed by atoms with Gasteiger partial charge in [0.25, 0.3) is 0 Å². The standard InChI is InChI=1S/C16H19N3O2/c1-11(2)14-9-15(19-10-18-14)17-7-6-12-4-3-5-13(8-12)16(20)21/h3-5,8-11H,6-7H2,1-2H3,(H,20,21)(H,17,18,19). The molecular formula is C16H19N3O2. The normalized spacial score (nSPS) is 10.6. The number of carboxylic acid groups (broad SMARTS) is 1. The highest BCUT2D eigenvalue weighted by molar-refractivity contribution is 5.87. The third kappa shape index (κ3) is 4.27. The summed E-state index contributed by atoms with van der Waals surface area (Å²) < 4.78 is 0. The van der Waals surface area contributed by atoms with Gasteiger partial charge in [0, 0.05) is 18.3 Å². The van der Waals surface area contributed by atoms with Gasteiger partial charge in [-0.25, -0.2) is 14.8 Å². The van der Waals surface area contributed by atoms with E-state index in [9.17, 15) is 4.79 Å². The number of anilines is 1. The van der Waals surface area contributed by atoms with Crippen LogP contribution in [0.25, 0.3) is 0 Å². The zero-order chi connectivity index (χ0) is 15.2. The summed E-state index contributed by atoms with van der Waals surface area (Å²) in [5.74, 6) is 0.256. The van der Waals surface area contributed by atoms with Crippen LogP contribution in [0.4, 0.5) is 5.82 Å². The monoisotopic (exact) mass is 285 g/mol. The summed E-state index contributed by atoms with van der Waals surface area (Å²) in [5.41, 5.74) is 2.30. The average molecular weight is 285 g/mol. The van der Waals surface area contributed by atoms with E-state index in [-0.39, 0.29) is 0 Å². The van der Waals surface area contributed by atoms with E-state index in [1.54, 1.807) is 24.5 Å². The first kappa shape index (κ1) is 15.0. The fourth-order valence-corrected chi connectivity index (χ4v) is 1.98. The first-order chi connectivity index (χ1) is 10.1. The number of carboxylic acids is 1. The molecule has 21 heavy (non-hydrogen) atoms. The van der Waals surface area contributed by atoms with Crippen molar-refractivity contribution in [1.29, 1.82) is 0 Å². The van der Waals surface area contributed by atoms with Crippen molar-refractivity contribution in [2.75, 3.05) is 11.9 Å². The minimum atomic E-state index is -0.901. The minimum absolute atomic E-state index is 0.316. The number of aromatic carboxylic acids is 1. The van der Waals surface area contributed by atoms with Crippen molar-refractivity contribution in [1.82, 2.24) is 9.97 Å². The van der Waals surface area contributed by atoms with E-state index in [1.165, 1.54) is 0 Å². The Morgan fingerprint density at radius 3 is 2.81 bits per heavy atom. The maximum atomic E-state index is 10.9. The smallest absolute Gasteiger partial charge is 0.335 e. The second kappa shape index (κ2) is 6.83. The summed E-state index contributed by atoms with van der Waals surface area (Å²) in [6, 6.07) is 8.93. The summed E-state index contributed by atoms with van der Waals surface area (Å²) in [6.45, 7) is 4.87. The SMILES string of the molecule is CC(C)c1cc(NCCc2cccc(C(=O)O)c2)ncn1. The van der Waals surface area contributed by atoms with Gasteiger partial charge >= 0.3 is 5.97 Å². The highest BCUT2D eigenvalue weighted by Crippen LogP contribution is 2.13. The number of nitrogens with one attached hydrogen (secondary N) is 1. The first-order valence-electron chi connectivity index (χ1n) is 6.94. The molecule has 0 spiro atoms. The van der Waals surface area contributed by atoms with E-state index in [1.807, 2.05) is 12.1 Å². The lowest BCUT2D eigenvalue weighted by atomic mass is 10.1. The minimum Gasteiger partial charge on any atom is -0.478 e. The van der Waals surface area contributed by atoms with Crippen LogP contribution in [0.5, 0.6) is 0 Å². The molecule has 0 bridgehead atoms. The molecule has 0 unspecified atom stereocenters. The molecule has 2 aromatic rings. The Balaban J connectivity index is 1.94. The van der Waals surface area contributed by atoms with Crippen molar-refractivity contribution in [2.45, 2.75) is 26.2 Å². The Morgan fingerprint density at radius 2 is 2.10 bits per heavy atom. The Hall–Kier alpha value is -2.43. The van der Waals surface area contributed by atoms with Gasteiger partial charge in [-0.15, -0.1) is 0 Å². The van der Waals surface area contributed by atoms with Crippen LogP contribution in [0.15, 0.2) is 36.7 Å². The van der Waals surface area contributed by atoms with Crippen molar-refractivity contribution in [3.63, 3.8) is 0 Å². The van der Waals surface area contributed by atoms with Gasteiger partial charge in [-0.05, 0) is 30.0 Å². The third-order valence-corrected chi connectivity index (χ3v) is 3.17. The number of nitrogens with zero attached hydrogens (tertiary/aromatic N) is 2. The Bertz CT molecular complexity index is 626. The quantitative estimate of drug-likeness (QED) is 0.853. The van der Waals surface area contributed by atoms with E-state index in [4.69, 9.17) is 5.11 Å². The van der Waals surface area contributed by atoms with E-state index in [2.05, 4.69) is 29.1 Å². The van der Waals surface area contributed by atoms with Gasteiger partial charge in [-0.2, -0.15) is 0 Å². The molecule has 0 saturated carbocycles. The molecule has 2 N–H and O–H groups in total. The van der Waals surface area contributed by atoms with Crippen LogP contribution in [0.2, 0.25) is 0 Å². The van der Waals surface area contributed by atoms with Gasteiger partial charge in [0.15, 0.2) is 0 Å². The van der Waals surface area contributed by atoms with Crippen LogP contribution in [-0.2, 0) is 6.42 Å². The Morgan fingerprint density at radius 1 is 1.29 bits per heavy atom. The topological polar surface area (TPSA) is 75.1 Å². The van der Waals surface area contributed by atoms with Gasteiger partial charge in [-0.3, -0.25) is 0 Å². The molecule has 0 aliphatic heterocycles. The number of carbonyl (C=O) groups is 1. The predicted molar refractivity (Wildman–Crippen MR) is 81.7 cm³/mol. The number of hydrogen-bond donors (Lipinski definition) is 2. The zero-order valence-corrected chi connectivity index (χ0v) is 12.2. The fraction of sp³-hybridized carbons (Fsp3) is 0.312. The molecule has 0 saturated heterocycles. The van der Waals surface area contributed by atoms with Crippen molar-refractivity contribution in [3.05, 3.63) is 53.5 Å². The van der Waals surface area contributed by atoms with Gasteiger partial charge in [0.2, 0.25) is 0 Å². The summed E-state index contributed by atoms with van der Waals surface area (Å²) in [4.78, 5) is 19.3. The lowest BCUT2D eigenvalue weighted by Crippen LogP contribution is -2.08. The first-order valence-corrected chi connectivity index (χ1v) is 6.94. The maximum Gasteiger partial charge on any atom is 0.335 e. The van der Waals surface area contributed by atoms with Crippen molar-refractivity contribution >= 4 is 11.8 Å². The lowest BCUT2D eigenvalue weighted by molar-refractivity contribution is 0.0696. The Kier molecular flexibility index (Phi) is 4.87. The number of rotatable bonds is 6. The van der Waals surface area contributed by atoms with Crippen LogP contribution in [0.3, 0.4) is 0 Å². The van der Waals surface area contributed by atoms with Gasteiger partial charge in [-0.1, -0.05) is 26.0 Å². The molecule has 0 amide bonds. The van der Waals surface area contributed by atoms with Crippen molar-refractivity contribution < 1.29 is 9.90 Å². The van der Waals surface area contributed by atoms with E-state index in [0.717, 1.165) is 23.5 Å². The lowest BCUT2D eigenvalue weighted by Gasteiger charge is -2.09. The molecular weight excluding hydrogens is 266 g/mol. The van der Waals surface area contributed by atoms with Gasteiger partial charge in [0.1, 0.15) is 12.1 Å². The highest BCUT2D eigenvalue weighted by Gasteiger charge is 2.04. The van der Waals surface area contributed by atoms with E-state index in [0.29, 0.717) is 18.0 Å². The summed E-state index contributed by atoms with van der Waals surface area (Å²) in [7, 11) is 0. The third-order valence-electron chi connectivity index (χ3n) is 3.17. The summed E-state index contributed by atoms with van der Waals surface area (Å²) >= 11 is 0. The van der Waals surface area contributed by atoms with Crippen LogP contribution in [-0.4, -0.2) is 27.6 Å². The molecule has 1 aromatic carbocycles. The van der Waals surface area contributed by atoms with E-state index < -0.39 is 5.97 Å². The molecule has 5 heteroatoms. The molecule has 110 valence electrons. The second-order valence-corrected chi connectivity index (χ2v) is 5.17. The van der Waals surface area contributed by atoms with Crippen LogP contribution in [0.1, 0.15) is 41.4 Å². The molecule has 2 rings (SSSR count). The molecule has 5 nitrogen and oxygen atoms in total. The Labute approximate surface area is 124 Å². The van der Waals surface area contributed by atoms with Gasteiger partial charge in [0.05, 0.1) is 5.56 Å². The molecule has 1 aromatic heterocycles. The number of hydrogen-bond acceptors (Lipinski definition) is 4. The molecule has 0 aliphatic rings.